The summed E-state index contributed by atoms with van der Waals surface area (Å²) in [6, 6.07) is 15.8. The summed E-state index contributed by atoms with van der Waals surface area (Å²) in [6.07, 6.45) is 2.19. The fraction of sp³-hybridized carbons (Fsp3) is 0.333. The van der Waals surface area contributed by atoms with Gasteiger partial charge in [0, 0.05) is 12.0 Å². The second-order valence-corrected chi connectivity index (χ2v) is 7.52. The Morgan fingerprint density at radius 3 is 2.71 bits per heavy atom. The number of hydrogen-bond acceptors (Lipinski definition) is 6. The summed E-state index contributed by atoms with van der Waals surface area (Å²) in [4.78, 5) is 24.4. The lowest BCUT2D eigenvalue weighted by Gasteiger charge is -2.12. The van der Waals surface area contributed by atoms with E-state index < -0.39 is 11.9 Å². The van der Waals surface area contributed by atoms with Crippen LogP contribution in [0.1, 0.15) is 41.9 Å². The highest BCUT2D eigenvalue weighted by atomic mass is 16.5. The number of nitrogens with one attached hydrogen (secondary N) is 1. The van der Waals surface area contributed by atoms with E-state index in [4.69, 9.17) is 18.6 Å². The van der Waals surface area contributed by atoms with Crippen LogP contribution in [0.15, 0.2) is 59.0 Å². The average molecular weight is 423 g/mol. The van der Waals surface area contributed by atoms with Gasteiger partial charge in [0.15, 0.2) is 6.61 Å². The minimum atomic E-state index is -0.572. The molecule has 3 aromatic rings. The smallest absolute Gasteiger partial charge is 0.338 e. The van der Waals surface area contributed by atoms with E-state index in [0.717, 1.165) is 30.4 Å². The third kappa shape index (κ3) is 5.44. The number of carbonyl (C=O) groups excluding carboxylic acids is 2. The fourth-order valence-corrected chi connectivity index (χ4v) is 3.44. The molecule has 7 heteroatoms. The molecule has 1 aromatic heterocycles. The lowest BCUT2D eigenvalue weighted by Crippen LogP contribution is -2.31. The number of furan rings is 1. The molecule has 2 atom stereocenters. The molecular formula is C24H25NO6. The Morgan fingerprint density at radius 1 is 1.16 bits per heavy atom. The molecule has 0 aliphatic carbocycles. The molecule has 162 valence electrons. The molecule has 0 spiro atoms. The van der Waals surface area contributed by atoms with Crippen molar-refractivity contribution in [2.75, 3.05) is 19.8 Å². The van der Waals surface area contributed by atoms with Crippen LogP contribution >= 0.6 is 0 Å². The van der Waals surface area contributed by atoms with Crippen molar-refractivity contribution in [3.63, 3.8) is 0 Å². The first-order valence-electron chi connectivity index (χ1n) is 10.4. The van der Waals surface area contributed by atoms with E-state index in [9.17, 15) is 9.59 Å². The molecule has 4 rings (SSSR count). The average Bonchev–Trinajstić information content (AvgIpc) is 3.46. The van der Waals surface area contributed by atoms with Crippen LogP contribution in [0.4, 0.5) is 0 Å². The number of esters is 1. The first-order valence-corrected chi connectivity index (χ1v) is 10.4. The van der Waals surface area contributed by atoms with Crippen molar-refractivity contribution in [2.45, 2.75) is 31.9 Å². The highest BCUT2D eigenvalue weighted by molar-refractivity contribution is 5.91. The summed E-state index contributed by atoms with van der Waals surface area (Å²) in [7, 11) is 0. The number of hydrogen-bond donors (Lipinski definition) is 1. The van der Waals surface area contributed by atoms with E-state index >= 15 is 0 Å². The summed E-state index contributed by atoms with van der Waals surface area (Å²) in [5.41, 5.74) is 1.11. The number of carbonyl (C=O) groups is 2. The van der Waals surface area contributed by atoms with Crippen molar-refractivity contribution in [1.29, 1.82) is 0 Å². The molecule has 1 N–H and O–H groups in total. The van der Waals surface area contributed by atoms with Crippen LogP contribution in [-0.2, 0) is 14.3 Å². The molecule has 0 saturated carbocycles. The largest absolute Gasteiger partial charge is 0.491 e. The topological polar surface area (TPSA) is 87.0 Å². The summed E-state index contributed by atoms with van der Waals surface area (Å²) < 4.78 is 22.1. The van der Waals surface area contributed by atoms with Crippen molar-refractivity contribution in [3.8, 4) is 5.75 Å². The third-order valence-corrected chi connectivity index (χ3v) is 5.13. The molecule has 0 unspecified atom stereocenters. The quantitative estimate of drug-likeness (QED) is 0.551. The number of benzene rings is 2. The van der Waals surface area contributed by atoms with Gasteiger partial charge in [-0.2, -0.15) is 0 Å². The summed E-state index contributed by atoms with van der Waals surface area (Å²) in [5, 5.41) is 3.74. The Hall–Kier alpha value is -3.32. The SMILES string of the molecule is C[C@@H](NC(=O)COC(=O)c1ccc(OC[C@H]2CCCO2)cc1)c1cc2ccccc2o1. The molecular weight excluding hydrogens is 398 g/mol. The maximum Gasteiger partial charge on any atom is 0.338 e. The number of ether oxygens (including phenoxy) is 3. The third-order valence-electron chi connectivity index (χ3n) is 5.13. The molecule has 1 aliphatic heterocycles. The van der Waals surface area contributed by atoms with Gasteiger partial charge in [-0.3, -0.25) is 4.79 Å². The first-order chi connectivity index (χ1) is 15.1. The Morgan fingerprint density at radius 2 is 1.97 bits per heavy atom. The van der Waals surface area contributed by atoms with Crippen LogP contribution in [-0.4, -0.2) is 37.8 Å². The molecule has 1 amide bonds. The Kier molecular flexibility index (Phi) is 6.52. The number of amides is 1. The van der Waals surface area contributed by atoms with Gasteiger partial charge in [0.2, 0.25) is 0 Å². The molecule has 0 bridgehead atoms. The molecule has 31 heavy (non-hydrogen) atoms. The highest BCUT2D eigenvalue weighted by Gasteiger charge is 2.17. The normalized spacial score (nSPS) is 16.7. The minimum Gasteiger partial charge on any atom is -0.491 e. The summed E-state index contributed by atoms with van der Waals surface area (Å²) in [5.74, 6) is 0.318. The maximum absolute atomic E-state index is 12.2. The first kappa shape index (κ1) is 20.9. The van der Waals surface area contributed by atoms with Crippen molar-refractivity contribution < 1.29 is 28.2 Å². The minimum absolute atomic E-state index is 0.130. The van der Waals surface area contributed by atoms with Gasteiger partial charge in [0.1, 0.15) is 23.7 Å². The van der Waals surface area contributed by atoms with Crippen LogP contribution in [0.5, 0.6) is 5.75 Å². The molecule has 2 heterocycles. The Bertz CT molecular complexity index is 1000. The van der Waals surface area contributed by atoms with Crippen LogP contribution in [0.3, 0.4) is 0 Å². The molecule has 7 nitrogen and oxygen atoms in total. The zero-order chi connectivity index (χ0) is 21.6. The molecule has 0 radical (unpaired) electrons. The van der Waals surface area contributed by atoms with E-state index in [1.165, 1.54) is 0 Å². The Labute approximate surface area is 180 Å². The zero-order valence-electron chi connectivity index (χ0n) is 17.3. The van der Waals surface area contributed by atoms with Gasteiger partial charge in [0.25, 0.3) is 5.91 Å². The van der Waals surface area contributed by atoms with Crippen molar-refractivity contribution in [1.82, 2.24) is 5.32 Å². The molecule has 1 aliphatic rings. The van der Waals surface area contributed by atoms with Gasteiger partial charge in [-0.05, 0) is 56.2 Å². The van der Waals surface area contributed by atoms with Gasteiger partial charge in [-0.15, -0.1) is 0 Å². The van der Waals surface area contributed by atoms with E-state index in [-0.39, 0.29) is 18.8 Å². The van der Waals surface area contributed by atoms with E-state index in [1.807, 2.05) is 37.3 Å². The van der Waals surface area contributed by atoms with E-state index in [1.54, 1.807) is 24.3 Å². The van der Waals surface area contributed by atoms with Gasteiger partial charge in [-0.25, -0.2) is 4.79 Å². The van der Waals surface area contributed by atoms with E-state index in [0.29, 0.717) is 23.7 Å². The standard InChI is InChI=1S/C24H25NO6/c1-16(22-13-18-5-2-3-7-21(18)31-22)25-23(26)15-30-24(27)17-8-10-19(11-9-17)29-14-20-6-4-12-28-20/h2-3,5,7-11,13,16,20H,4,6,12,14-15H2,1H3,(H,25,26)/t16-,20-/m1/s1. The molecule has 2 aromatic carbocycles. The lowest BCUT2D eigenvalue weighted by atomic mass is 10.2. The predicted octanol–water partition coefficient (Wildman–Crippen LogP) is 4.02. The summed E-state index contributed by atoms with van der Waals surface area (Å²) in [6.45, 7) is 2.71. The van der Waals surface area contributed by atoms with Gasteiger partial charge in [-0.1, -0.05) is 18.2 Å². The number of rotatable bonds is 8. The molecule has 1 saturated heterocycles. The number of para-hydroxylation sites is 1. The van der Waals surface area contributed by atoms with Crippen molar-refractivity contribution in [2.24, 2.45) is 0 Å². The van der Waals surface area contributed by atoms with Crippen molar-refractivity contribution >= 4 is 22.8 Å². The van der Waals surface area contributed by atoms with Crippen molar-refractivity contribution in [3.05, 3.63) is 65.9 Å². The maximum atomic E-state index is 12.2. The predicted molar refractivity (Wildman–Crippen MR) is 114 cm³/mol. The van der Waals surface area contributed by atoms with Gasteiger partial charge >= 0.3 is 5.97 Å². The zero-order valence-corrected chi connectivity index (χ0v) is 17.3. The van der Waals surface area contributed by atoms with Gasteiger partial charge in [0.05, 0.1) is 17.7 Å². The van der Waals surface area contributed by atoms with Gasteiger partial charge < -0.3 is 23.9 Å². The van der Waals surface area contributed by atoms with Crippen LogP contribution in [0, 0.1) is 0 Å². The van der Waals surface area contributed by atoms with Crippen LogP contribution < -0.4 is 10.1 Å². The second-order valence-electron chi connectivity index (χ2n) is 7.52. The monoisotopic (exact) mass is 423 g/mol. The Balaban J connectivity index is 1.23. The second kappa shape index (κ2) is 9.66. The number of fused-ring (bicyclic) bond motifs is 1. The van der Waals surface area contributed by atoms with E-state index in [2.05, 4.69) is 5.32 Å². The molecule has 1 fully saturated rings. The fourth-order valence-electron chi connectivity index (χ4n) is 3.44. The lowest BCUT2D eigenvalue weighted by molar-refractivity contribution is -0.125. The van der Waals surface area contributed by atoms with Crippen LogP contribution in [0.2, 0.25) is 0 Å². The summed E-state index contributed by atoms with van der Waals surface area (Å²) >= 11 is 0. The van der Waals surface area contributed by atoms with Crippen LogP contribution in [0.25, 0.3) is 11.0 Å². The highest BCUT2D eigenvalue weighted by Crippen LogP contribution is 2.23.